The first-order valence-electron chi connectivity index (χ1n) is 8.69. The number of benzene rings is 2. The van der Waals surface area contributed by atoms with E-state index in [2.05, 4.69) is 4.99 Å². The number of carboxylic acid groups (broad SMARTS) is 1. The van der Waals surface area contributed by atoms with Crippen molar-refractivity contribution in [3.05, 3.63) is 57.5 Å². The topological polar surface area (TPSA) is 88.4 Å². The van der Waals surface area contributed by atoms with Gasteiger partial charge in [-0.05, 0) is 60.7 Å². The van der Waals surface area contributed by atoms with Crippen LogP contribution in [0, 0.1) is 0 Å². The third kappa shape index (κ3) is 3.81. The lowest BCUT2D eigenvalue weighted by Crippen LogP contribution is -2.28. The van der Waals surface area contributed by atoms with Crippen molar-refractivity contribution >= 4 is 52.2 Å². The number of amidine groups is 1. The monoisotopic (exact) mass is 430 g/mol. The number of likely N-dealkylation sites (N-methyl/N-ethyl adjacent to an activating group) is 1. The molecular weight excluding hydrogens is 416 g/mol. The van der Waals surface area contributed by atoms with Gasteiger partial charge in [0.05, 0.1) is 21.2 Å². The molecule has 0 bridgehead atoms. The van der Waals surface area contributed by atoms with E-state index in [0.29, 0.717) is 44.4 Å². The number of halogens is 1. The van der Waals surface area contributed by atoms with Gasteiger partial charge in [0.15, 0.2) is 16.7 Å². The van der Waals surface area contributed by atoms with Crippen LogP contribution in [-0.4, -0.2) is 40.4 Å². The van der Waals surface area contributed by atoms with Gasteiger partial charge in [0.2, 0.25) is 6.79 Å². The molecule has 0 saturated carbocycles. The molecule has 7 nitrogen and oxygen atoms in total. The molecule has 0 unspecified atom stereocenters. The van der Waals surface area contributed by atoms with Crippen LogP contribution in [-0.2, 0) is 4.79 Å². The van der Waals surface area contributed by atoms with Gasteiger partial charge in [-0.3, -0.25) is 9.69 Å². The van der Waals surface area contributed by atoms with Crippen molar-refractivity contribution in [3.8, 4) is 11.5 Å². The lowest BCUT2D eigenvalue weighted by molar-refractivity contribution is -0.122. The molecule has 2 aromatic carbocycles. The highest BCUT2D eigenvalue weighted by Gasteiger charge is 2.32. The third-order valence-corrected chi connectivity index (χ3v) is 5.66. The zero-order chi connectivity index (χ0) is 20.5. The van der Waals surface area contributed by atoms with Gasteiger partial charge in [-0.2, -0.15) is 0 Å². The number of aromatic carboxylic acids is 1. The lowest BCUT2D eigenvalue weighted by Gasteiger charge is -2.12. The quantitative estimate of drug-likeness (QED) is 0.723. The molecule has 1 fully saturated rings. The first-order chi connectivity index (χ1) is 14.0. The largest absolute Gasteiger partial charge is 0.478 e. The Morgan fingerprint density at radius 3 is 2.62 bits per heavy atom. The Hall–Kier alpha value is -2.97. The highest BCUT2D eigenvalue weighted by molar-refractivity contribution is 8.18. The van der Waals surface area contributed by atoms with Gasteiger partial charge in [-0.15, -0.1) is 0 Å². The highest BCUT2D eigenvalue weighted by atomic mass is 35.5. The van der Waals surface area contributed by atoms with E-state index >= 15 is 0 Å². The summed E-state index contributed by atoms with van der Waals surface area (Å²) in [6.07, 6.45) is 1.70. The average molecular weight is 431 g/mol. The number of thioether (sulfide) groups is 1. The summed E-state index contributed by atoms with van der Waals surface area (Å²) < 4.78 is 10.7. The molecule has 2 aliphatic rings. The molecule has 148 valence electrons. The van der Waals surface area contributed by atoms with Crippen LogP contribution in [0.2, 0.25) is 5.02 Å². The first-order valence-corrected chi connectivity index (χ1v) is 9.88. The van der Waals surface area contributed by atoms with Crippen LogP contribution in [0.1, 0.15) is 22.8 Å². The van der Waals surface area contributed by atoms with E-state index in [9.17, 15) is 9.59 Å². The number of carbonyl (C=O) groups is 2. The maximum Gasteiger partial charge on any atom is 0.335 e. The van der Waals surface area contributed by atoms with Crippen molar-refractivity contribution in [1.82, 2.24) is 4.90 Å². The predicted octanol–water partition coefficient (Wildman–Crippen LogP) is 4.39. The third-order valence-electron chi connectivity index (χ3n) is 4.32. The number of carboxylic acids is 1. The highest BCUT2D eigenvalue weighted by Crippen LogP contribution is 2.40. The molecule has 2 aromatic rings. The fraction of sp³-hybridized carbons (Fsp3) is 0.150. The maximum atomic E-state index is 12.8. The molecule has 1 amide bonds. The van der Waals surface area contributed by atoms with Gasteiger partial charge in [0.1, 0.15) is 0 Å². The number of nitrogens with zero attached hydrogens (tertiary/aromatic N) is 2. The first kappa shape index (κ1) is 19.4. The average Bonchev–Trinajstić information content (AvgIpc) is 3.26. The van der Waals surface area contributed by atoms with Crippen LogP contribution in [0.25, 0.3) is 6.08 Å². The normalized spacial score (nSPS) is 18.1. The van der Waals surface area contributed by atoms with Gasteiger partial charge >= 0.3 is 5.97 Å². The smallest absolute Gasteiger partial charge is 0.335 e. The van der Waals surface area contributed by atoms with Gasteiger partial charge in [-0.25, -0.2) is 9.79 Å². The van der Waals surface area contributed by atoms with Crippen molar-refractivity contribution in [2.45, 2.75) is 6.92 Å². The minimum absolute atomic E-state index is 0.139. The Bertz CT molecular complexity index is 1070. The van der Waals surface area contributed by atoms with Crippen molar-refractivity contribution in [2.75, 3.05) is 13.3 Å². The van der Waals surface area contributed by atoms with Crippen LogP contribution in [0.4, 0.5) is 5.69 Å². The summed E-state index contributed by atoms with van der Waals surface area (Å²) in [6, 6.07) is 9.56. The summed E-state index contributed by atoms with van der Waals surface area (Å²) in [7, 11) is 0. The Morgan fingerprint density at radius 2 is 1.97 bits per heavy atom. The minimum Gasteiger partial charge on any atom is -0.478 e. The summed E-state index contributed by atoms with van der Waals surface area (Å²) in [5.74, 6) is -0.0241. The number of hydrogen-bond acceptors (Lipinski definition) is 6. The Labute approximate surface area is 175 Å². The second kappa shape index (κ2) is 7.81. The molecule has 0 aromatic heterocycles. The second-order valence-electron chi connectivity index (χ2n) is 6.13. The summed E-state index contributed by atoms with van der Waals surface area (Å²) in [5.41, 5.74) is 1.38. The standard InChI is InChI=1S/C20H15ClN2O5S/c1-2-23-18(24)17(8-12-7-15-16(9-14(12)21)28-10-27-15)29-20(23)22-13-5-3-11(4-6-13)19(25)26/h3-9H,2,10H2,1H3,(H,25,26). The van der Waals surface area contributed by atoms with Gasteiger partial charge in [0.25, 0.3) is 5.91 Å². The van der Waals surface area contributed by atoms with Crippen LogP contribution >= 0.6 is 23.4 Å². The maximum absolute atomic E-state index is 12.8. The number of carbonyl (C=O) groups excluding carboxylic acids is 1. The summed E-state index contributed by atoms with van der Waals surface area (Å²) >= 11 is 7.55. The minimum atomic E-state index is -1.00. The summed E-state index contributed by atoms with van der Waals surface area (Å²) in [6.45, 7) is 2.45. The van der Waals surface area contributed by atoms with E-state index < -0.39 is 5.97 Å². The molecule has 0 radical (unpaired) electrons. The molecule has 1 saturated heterocycles. The number of aliphatic imine (C=N–C) groups is 1. The molecule has 0 spiro atoms. The molecule has 29 heavy (non-hydrogen) atoms. The van der Waals surface area contributed by atoms with Crippen molar-refractivity contribution < 1.29 is 24.2 Å². The zero-order valence-corrected chi connectivity index (χ0v) is 16.8. The van der Waals surface area contributed by atoms with E-state index in [1.165, 1.54) is 23.9 Å². The van der Waals surface area contributed by atoms with Crippen LogP contribution < -0.4 is 9.47 Å². The van der Waals surface area contributed by atoms with E-state index in [4.69, 9.17) is 26.2 Å². The van der Waals surface area contributed by atoms with Crippen molar-refractivity contribution in [2.24, 2.45) is 4.99 Å². The molecular formula is C20H15ClN2O5S. The Morgan fingerprint density at radius 1 is 1.28 bits per heavy atom. The van der Waals surface area contributed by atoms with Crippen LogP contribution in [0.3, 0.4) is 0 Å². The molecule has 0 atom stereocenters. The molecule has 4 rings (SSSR count). The van der Waals surface area contributed by atoms with E-state index in [-0.39, 0.29) is 18.3 Å². The Kier molecular flexibility index (Phi) is 5.21. The van der Waals surface area contributed by atoms with Crippen LogP contribution in [0.15, 0.2) is 46.3 Å². The summed E-state index contributed by atoms with van der Waals surface area (Å²) in [4.78, 5) is 30.3. The molecule has 1 N–H and O–H groups in total. The number of fused-ring (bicyclic) bond motifs is 1. The fourth-order valence-electron chi connectivity index (χ4n) is 2.84. The lowest BCUT2D eigenvalue weighted by atomic mass is 10.2. The van der Waals surface area contributed by atoms with E-state index in [0.717, 1.165) is 0 Å². The molecule has 2 heterocycles. The molecule has 0 aliphatic carbocycles. The predicted molar refractivity (Wildman–Crippen MR) is 111 cm³/mol. The van der Waals surface area contributed by atoms with Crippen molar-refractivity contribution in [1.29, 1.82) is 0 Å². The SMILES string of the molecule is CCN1C(=O)C(=Cc2cc3c(cc2Cl)OCO3)SC1=Nc1ccc(C(=O)O)cc1. The number of ether oxygens (including phenoxy) is 2. The zero-order valence-electron chi connectivity index (χ0n) is 15.2. The number of hydrogen-bond donors (Lipinski definition) is 1. The fourth-order valence-corrected chi connectivity index (χ4v) is 4.11. The molecule has 9 heteroatoms. The Balaban J connectivity index is 1.65. The number of amides is 1. The van der Waals surface area contributed by atoms with E-state index in [1.807, 2.05) is 6.92 Å². The van der Waals surface area contributed by atoms with Gasteiger partial charge < -0.3 is 14.6 Å². The number of rotatable bonds is 4. The van der Waals surface area contributed by atoms with E-state index in [1.54, 1.807) is 35.2 Å². The summed E-state index contributed by atoms with van der Waals surface area (Å²) in [5, 5.41) is 9.97. The van der Waals surface area contributed by atoms with Crippen molar-refractivity contribution in [3.63, 3.8) is 0 Å². The van der Waals surface area contributed by atoms with Gasteiger partial charge in [0, 0.05) is 12.6 Å². The van der Waals surface area contributed by atoms with Crippen LogP contribution in [0.5, 0.6) is 11.5 Å². The van der Waals surface area contributed by atoms with Gasteiger partial charge in [-0.1, -0.05) is 11.6 Å². The second-order valence-corrected chi connectivity index (χ2v) is 7.55. The molecule has 2 aliphatic heterocycles.